The molecule has 3 aromatic rings. The molecule has 8 nitrogen and oxygen atoms in total. The number of aromatic nitrogens is 2. The van der Waals surface area contributed by atoms with E-state index in [0.717, 1.165) is 57.9 Å². The van der Waals surface area contributed by atoms with Gasteiger partial charge in [-0.15, -0.1) is 0 Å². The molecule has 2 aliphatic rings. The van der Waals surface area contributed by atoms with E-state index in [1.807, 2.05) is 19.1 Å². The lowest BCUT2D eigenvalue weighted by molar-refractivity contribution is 0.0321. The molecule has 2 fully saturated rings. The molecule has 0 saturated carbocycles. The third-order valence-corrected chi connectivity index (χ3v) is 7.88. The van der Waals surface area contributed by atoms with Crippen LogP contribution in [0.1, 0.15) is 34.5 Å². The number of carbonyl (C=O) groups is 1. The number of nitrogens with zero attached hydrogens (tertiary/aromatic N) is 5. The minimum Gasteiger partial charge on any atom is -0.381 e. The monoisotopic (exact) mass is 538 g/mol. The summed E-state index contributed by atoms with van der Waals surface area (Å²) in [5.74, 6) is -0.300. The lowest BCUT2D eigenvalue weighted by Crippen LogP contribution is -2.51. The molecule has 0 aliphatic carbocycles. The molecule has 0 radical (unpaired) electrons. The van der Waals surface area contributed by atoms with Crippen LogP contribution in [0, 0.1) is 18.3 Å². The van der Waals surface area contributed by atoms with Gasteiger partial charge in [0.25, 0.3) is 5.91 Å². The van der Waals surface area contributed by atoms with Gasteiger partial charge in [-0.3, -0.25) is 9.69 Å². The molecular formula is C27H28Cl2N6O2. The Balaban J connectivity index is 1.26. The second-order valence-electron chi connectivity index (χ2n) is 9.32. The second kappa shape index (κ2) is 11.1. The van der Waals surface area contributed by atoms with Crippen molar-refractivity contribution in [3.05, 3.63) is 69.5 Å². The Morgan fingerprint density at radius 2 is 1.84 bits per heavy atom. The molecule has 5 rings (SSSR count). The summed E-state index contributed by atoms with van der Waals surface area (Å²) in [6.07, 6.45) is 3.69. The van der Waals surface area contributed by atoms with Gasteiger partial charge >= 0.3 is 0 Å². The number of ether oxygens (including phenoxy) is 1. The van der Waals surface area contributed by atoms with Crippen LogP contribution in [0.2, 0.25) is 10.0 Å². The zero-order chi connectivity index (χ0) is 25.9. The first kappa shape index (κ1) is 25.6. The highest BCUT2D eigenvalue weighted by molar-refractivity contribution is 6.42. The van der Waals surface area contributed by atoms with Gasteiger partial charge in [0, 0.05) is 51.1 Å². The number of amides is 1. The maximum Gasteiger partial charge on any atom is 0.259 e. The fraction of sp³-hybridized carbons (Fsp3) is 0.370. The van der Waals surface area contributed by atoms with Gasteiger partial charge in [-0.2, -0.15) is 10.4 Å². The average Bonchev–Trinajstić information content (AvgIpc) is 3.32. The van der Waals surface area contributed by atoms with E-state index in [2.05, 4.69) is 26.3 Å². The number of benzene rings is 2. The Kier molecular flexibility index (Phi) is 7.68. The molecule has 0 unspecified atom stereocenters. The van der Waals surface area contributed by atoms with Crippen molar-refractivity contribution in [2.45, 2.75) is 25.8 Å². The molecular weight excluding hydrogens is 511 g/mol. The van der Waals surface area contributed by atoms with Crippen molar-refractivity contribution in [2.24, 2.45) is 0 Å². The number of hydrogen-bond acceptors (Lipinski definition) is 6. The first-order chi connectivity index (χ1) is 17.9. The summed E-state index contributed by atoms with van der Waals surface area (Å²) in [5.41, 5.74) is 3.80. The number of piperazine rings is 1. The summed E-state index contributed by atoms with van der Waals surface area (Å²) in [6.45, 7) is 7.16. The fourth-order valence-electron chi connectivity index (χ4n) is 5.07. The van der Waals surface area contributed by atoms with E-state index in [4.69, 9.17) is 27.9 Å². The molecule has 2 aliphatic heterocycles. The normalized spacial score (nSPS) is 17.0. The Labute approximate surface area is 226 Å². The summed E-state index contributed by atoms with van der Waals surface area (Å²) < 4.78 is 7.14. The number of rotatable bonds is 5. The predicted molar refractivity (Wildman–Crippen MR) is 145 cm³/mol. The SMILES string of the molecule is Cc1c(C(=O)Nc2ccc(N3CCN(C4CCOCC4)CC3)c(C#N)c2)cnn1-c1ccc(Cl)c(Cl)c1. The van der Waals surface area contributed by atoms with Crippen LogP contribution in [-0.2, 0) is 4.74 Å². The van der Waals surface area contributed by atoms with Crippen LogP contribution in [0.5, 0.6) is 0 Å². The third kappa shape index (κ3) is 5.46. The maximum absolute atomic E-state index is 13.1. The topological polar surface area (TPSA) is 86.4 Å². The predicted octanol–water partition coefficient (Wildman–Crippen LogP) is 4.91. The quantitative estimate of drug-likeness (QED) is 0.496. The minimum atomic E-state index is -0.300. The van der Waals surface area contributed by atoms with E-state index in [9.17, 15) is 10.1 Å². The molecule has 1 N–H and O–H groups in total. The van der Waals surface area contributed by atoms with E-state index >= 15 is 0 Å². The molecule has 37 heavy (non-hydrogen) atoms. The lowest BCUT2D eigenvalue weighted by atomic mass is 10.1. The Morgan fingerprint density at radius 1 is 1.08 bits per heavy atom. The van der Waals surface area contributed by atoms with Crippen molar-refractivity contribution in [3.8, 4) is 11.8 Å². The van der Waals surface area contributed by atoms with Crippen molar-refractivity contribution >= 4 is 40.5 Å². The molecule has 192 valence electrons. The van der Waals surface area contributed by atoms with Crippen molar-refractivity contribution in [1.29, 1.82) is 5.26 Å². The largest absolute Gasteiger partial charge is 0.381 e. The van der Waals surface area contributed by atoms with Gasteiger partial charge in [-0.1, -0.05) is 23.2 Å². The third-order valence-electron chi connectivity index (χ3n) is 7.14. The first-order valence-electron chi connectivity index (χ1n) is 12.4. The maximum atomic E-state index is 13.1. The van der Waals surface area contributed by atoms with Gasteiger partial charge in [0.05, 0.1) is 44.4 Å². The van der Waals surface area contributed by atoms with E-state index in [0.29, 0.717) is 44.3 Å². The summed E-state index contributed by atoms with van der Waals surface area (Å²) in [5, 5.41) is 18.0. The van der Waals surface area contributed by atoms with Crippen LogP contribution in [0.15, 0.2) is 42.6 Å². The Hall–Kier alpha value is -3.09. The van der Waals surface area contributed by atoms with E-state index in [1.165, 1.54) is 6.20 Å². The molecule has 3 heterocycles. The van der Waals surface area contributed by atoms with Crippen LogP contribution >= 0.6 is 23.2 Å². The molecule has 1 aromatic heterocycles. The Morgan fingerprint density at radius 3 is 2.54 bits per heavy atom. The average molecular weight is 539 g/mol. The molecule has 2 aromatic carbocycles. The van der Waals surface area contributed by atoms with Crippen LogP contribution in [0.3, 0.4) is 0 Å². The number of carbonyl (C=O) groups excluding carboxylic acids is 1. The van der Waals surface area contributed by atoms with Crippen molar-refractivity contribution in [1.82, 2.24) is 14.7 Å². The molecule has 0 atom stereocenters. The van der Waals surface area contributed by atoms with Crippen LogP contribution < -0.4 is 10.2 Å². The molecule has 0 spiro atoms. The number of halogens is 2. The number of anilines is 2. The van der Waals surface area contributed by atoms with Gasteiger partial charge in [0.15, 0.2) is 0 Å². The van der Waals surface area contributed by atoms with Crippen LogP contribution in [0.25, 0.3) is 5.69 Å². The summed E-state index contributed by atoms with van der Waals surface area (Å²) in [4.78, 5) is 17.9. The highest BCUT2D eigenvalue weighted by atomic mass is 35.5. The van der Waals surface area contributed by atoms with E-state index in [1.54, 1.807) is 28.9 Å². The number of hydrogen-bond donors (Lipinski definition) is 1. The van der Waals surface area contributed by atoms with Crippen molar-refractivity contribution in [3.63, 3.8) is 0 Å². The number of nitrogens with one attached hydrogen (secondary N) is 1. The Bertz CT molecular complexity index is 1340. The highest BCUT2D eigenvalue weighted by Gasteiger charge is 2.26. The molecule has 1 amide bonds. The van der Waals surface area contributed by atoms with Gasteiger partial charge < -0.3 is 15.0 Å². The van der Waals surface area contributed by atoms with Gasteiger partial charge in [-0.25, -0.2) is 4.68 Å². The smallest absolute Gasteiger partial charge is 0.259 e. The first-order valence-corrected chi connectivity index (χ1v) is 13.1. The molecule has 10 heteroatoms. The zero-order valence-corrected chi connectivity index (χ0v) is 22.1. The second-order valence-corrected chi connectivity index (χ2v) is 10.1. The number of nitriles is 1. The van der Waals surface area contributed by atoms with Gasteiger partial charge in [0.2, 0.25) is 0 Å². The van der Waals surface area contributed by atoms with Crippen molar-refractivity contribution in [2.75, 3.05) is 49.6 Å². The molecule has 0 bridgehead atoms. The standard InChI is InChI=1S/C27H28Cl2N6O2/c1-18-23(17-31-35(18)22-3-4-24(28)25(29)15-22)27(36)32-20-2-5-26(19(14-20)16-30)34-10-8-33(9-11-34)21-6-12-37-13-7-21/h2-5,14-15,17,21H,6-13H2,1H3,(H,32,36). The fourth-order valence-corrected chi connectivity index (χ4v) is 5.36. The summed E-state index contributed by atoms with van der Waals surface area (Å²) >= 11 is 12.2. The van der Waals surface area contributed by atoms with Crippen LogP contribution in [0.4, 0.5) is 11.4 Å². The van der Waals surface area contributed by atoms with Gasteiger partial charge in [0.1, 0.15) is 6.07 Å². The lowest BCUT2D eigenvalue weighted by Gasteiger charge is -2.41. The van der Waals surface area contributed by atoms with Crippen molar-refractivity contribution < 1.29 is 9.53 Å². The highest BCUT2D eigenvalue weighted by Crippen LogP contribution is 2.28. The van der Waals surface area contributed by atoms with Crippen LogP contribution in [-0.4, -0.2) is 66.0 Å². The summed E-state index contributed by atoms with van der Waals surface area (Å²) in [6, 6.07) is 13.6. The zero-order valence-electron chi connectivity index (χ0n) is 20.6. The summed E-state index contributed by atoms with van der Waals surface area (Å²) in [7, 11) is 0. The van der Waals surface area contributed by atoms with E-state index < -0.39 is 0 Å². The van der Waals surface area contributed by atoms with E-state index in [-0.39, 0.29) is 5.91 Å². The van der Waals surface area contributed by atoms with Gasteiger partial charge in [-0.05, 0) is 56.2 Å². The molecule has 2 saturated heterocycles. The minimum absolute atomic E-state index is 0.300.